The molecule has 3 aromatic carbocycles. The monoisotopic (exact) mass is 427 g/mol. The Morgan fingerprint density at radius 3 is 2.12 bits per heavy atom. The van der Waals surface area contributed by atoms with Crippen molar-refractivity contribution in [1.29, 1.82) is 0 Å². The highest BCUT2D eigenvalue weighted by Crippen LogP contribution is 2.43. The summed E-state index contributed by atoms with van der Waals surface area (Å²) >= 11 is 0. The molecule has 5 nitrogen and oxygen atoms in total. The van der Waals surface area contributed by atoms with Crippen molar-refractivity contribution in [2.24, 2.45) is 0 Å². The Bertz CT molecular complexity index is 1190. The summed E-state index contributed by atoms with van der Waals surface area (Å²) in [6.07, 6.45) is 0. The summed E-state index contributed by atoms with van der Waals surface area (Å²) in [5, 5.41) is 0. The van der Waals surface area contributed by atoms with Gasteiger partial charge in [-0.2, -0.15) is 0 Å². The molecule has 3 aromatic rings. The van der Waals surface area contributed by atoms with E-state index in [2.05, 4.69) is 4.90 Å². The average molecular weight is 427 g/mol. The summed E-state index contributed by atoms with van der Waals surface area (Å²) in [5.74, 6) is -0.993. The Kier molecular flexibility index (Phi) is 5.07. The number of carbonyl (C=O) groups excluding carboxylic acids is 2. The van der Waals surface area contributed by atoms with E-state index in [0.29, 0.717) is 30.2 Å². The molecule has 0 spiro atoms. The van der Waals surface area contributed by atoms with Crippen molar-refractivity contribution in [3.8, 4) is 0 Å². The van der Waals surface area contributed by atoms with E-state index >= 15 is 0 Å². The molecule has 2 aliphatic heterocycles. The van der Waals surface area contributed by atoms with Crippen LogP contribution in [0.15, 0.2) is 96.2 Å². The SMILES string of the molecule is CN1C(=O)C2=C(C1=O)N(c1ccc(F)cc1)CN(Cc1ccccc1)C2c1ccccc1. The Labute approximate surface area is 186 Å². The van der Waals surface area contributed by atoms with E-state index in [9.17, 15) is 14.0 Å². The summed E-state index contributed by atoms with van der Waals surface area (Å²) in [6.45, 7) is 0.964. The zero-order chi connectivity index (χ0) is 22.2. The van der Waals surface area contributed by atoms with Gasteiger partial charge in [-0.3, -0.25) is 19.4 Å². The van der Waals surface area contributed by atoms with Crippen LogP contribution in [-0.2, 0) is 16.1 Å². The maximum atomic E-state index is 13.6. The first-order chi connectivity index (χ1) is 15.5. The predicted molar refractivity (Wildman–Crippen MR) is 120 cm³/mol. The van der Waals surface area contributed by atoms with Gasteiger partial charge in [0.1, 0.15) is 11.5 Å². The summed E-state index contributed by atoms with van der Waals surface area (Å²) in [6, 6.07) is 25.4. The van der Waals surface area contributed by atoms with Gasteiger partial charge in [-0.25, -0.2) is 4.39 Å². The van der Waals surface area contributed by atoms with Gasteiger partial charge in [0.25, 0.3) is 11.8 Å². The minimum absolute atomic E-state index is 0.302. The second-order valence-corrected chi connectivity index (χ2v) is 8.02. The molecule has 0 radical (unpaired) electrons. The van der Waals surface area contributed by atoms with E-state index in [0.717, 1.165) is 11.1 Å². The average Bonchev–Trinajstić information content (AvgIpc) is 3.05. The topological polar surface area (TPSA) is 43.9 Å². The molecule has 0 aliphatic carbocycles. The van der Waals surface area contributed by atoms with Crippen LogP contribution in [0, 0.1) is 5.82 Å². The number of halogens is 1. The molecule has 0 aromatic heterocycles. The third-order valence-electron chi connectivity index (χ3n) is 6.01. The normalized spacial score (nSPS) is 19.0. The fourth-order valence-electron chi connectivity index (χ4n) is 4.48. The van der Waals surface area contributed by atoms with Crippen LogP contribution in [0.1, 0.15) is 17.2 Å². The fourth-order valence-corrected chi connectivity index (χ4v) is 4.48. The number of hydrogen-bond acceptors (Lipinski definition) is 4. The van der Waals surface area contributed by atoms with E-state index in [-0.39, 0.29) is 23.7 Å². The number of nitrogens with zero attached hydrogens (tertiary/aromatic N) is 3. The van der Waals surface area contributed by atoms with Crippen molar-refractivity contribution in [3.63, 3.8) is 0 Å². The van der Waals surface area contributed by atoms with E-state index in [4.69, 9.17) is 0 Å². The first-order valence-corrected chi connectivity index (χ1v) is 10.5. The summed E-state index contributed by atoms with van der Waals surface area (Å²) in [7, 11) is 1.51. The smallest absolute Gasteiger partial charge is 0.277 e. The van der Waals surface area contributed by atoms with E-state index in [1.165, 1.54) is 24.1 Å². The number of likely N-dealkylation sites (N-methyl/N-ethyl adjacent to an activating group) is 1. The van der Waals surface area contributed by atoms with Crippen LogP contribution in [-0.4, -0.2) is 35.3 Å². The minimum atomic E-state index is -0.371. The largest absolute Gasteiger partial charge is 0.323 e. The van der Waals surface area contributed by atoms with Crippen molar-refractivity contribution in [2.45, 2.75) is 12.6 Å². The van der Waals surface area contributed by atoms with Gasteiger partial charge in [0, 0.05) is 19.3 Å². The Morgan fingerprint density at radius 1 is 0.844 bits per heavy atom. The van der Waals surface area contributed by atoms with Crippen LogP contribution in [0.2, 0.25) is 0 Å². The Hall–Kier alpha value is -3.77. The first kappa shape index (κ1) is 20.2. The fraction of sp³-hybridized carbons (Fsp3) is 0.154. The highest BCUT2D eigenvalue weighted by molar-refractivity contribution is 6.21. The highest BCUT2D eigenvalue weighted by atomic mass is 19.1. The number of amides is 2. The molecule has 0 N–H and O–H groups in total. The first-order valence-electron chi connectivity index (χ1n) is 10.5. The maximum Gasteiger partial charge on any atom is 0.277 e. The van der Waals surface area contributed by atoms with Crippen LogP contribution >= 0.6 is 0 Å². The molecule has 0 saturated heterocycles. The van der Waals surface area contributed by atoms with Gasteiger partial charge >= 0.3 is 0 Å². The van der Waals surface area contributed by atoms with Gasteiger partial charge < -0.3 is 4.90 Å². The molecule has 2 amide bonds. The second-order valence-electron chi connectivity index (χ2n) is 8.02. The molecule has 0 saturated carbocycles. The quantitative estimate of drug-likeness (QED) is 0.588. The molecule has 6 heteroatoms. The lowest BCUT2D eigenvalue weighted by Crippen LogP contribution is -2.46. The molecule has 160 valence electrons. The molecule has 0 bridgehead atoms. The predicted octanol–water partition coefficient (Wildman–Crippen LogP) is 4.10. The molecule has 2 aliphatic rings. The third-order valence-corrected chi connectivity index (χ3v) is 6.01. The number of benzene rings is 3. The highest BCUT2D eigenvalue weighted by Gasteiger charge is 2.48. The molecular formula is C26H22FN3O2. The number of carbonyl (C=O) groups is 2. The van der Waals surface area contributed by atoms with Gasteiger partial charge in [0.15, 0.2) is 0 Å². The van der Waals surface area contributed by atoms with Gasteiger partial charge in [-0.05, 0) is 35.4 Å². The van der Waals surface area contributed by atoms with Crippen LogP contribution in [0.25, 0.3) is 0 Å². The van der Waals surface area contributed by atoms with E-state index < -0.39 is 0 Å². The van der Waals surface area contributed by atoms with Gasteiger partial charge in [0.2, 0.25) is 0 Å². The zero-order valence-corrected chi connectivity index (χ0v) is 17.6. The maximum absolute atomic E-state index is 13.6. The number of anilines is 1. The molecule has 5 rings (SSSR count). The van der Waals surface area contributed by atoms with Crippen molar-refractivity contribution < 1.29 is 14.0 Å². The molecule has 0 fully saturated rings. The van der Waals surface area contributed by atoms with Crippen LogP contribution in [0.5, 0.6) is 0 Å². The lowest BCUT2D eigenvalue weighted by Gasteiger charge is -2.42. The minimum Gasteiger partial charge on any atom is -0.323 e. The third kappa shape index (κ3) is 3.39. The van der Waals surface area contributed by atoms with Gasteiger partial charge in [0.05, 0.1) is 18.3 Å². The summed E-state index contributed by atoms with van der Waals surface area (Å²) in [5.41, 5.74) is 3.53. The summed E-state index contributed by atoms with van der Waals surface area (Å²) < 4.78 is 13.6. The van der Waals surface area contributed by atoms with E-state index in [1.54, 1.807) is 12.1 Å². The number of imide groups is 1. The Morgan fingerprint density at radius 2 is 1.47 bits per heavy atom. The van der Waals surface area contributed by atoms with Crippen molar-refractivity contribution in [3.05, 3.63) is 113 Å². The lowest BCUT2D eigenvalue weighted by molar-refractivity contribution is -0.136. The van der Waals surface area contributed by atoms with Crippen molar-refractivity contribution in [1.82, 2.24) is 9.80 Å². The standard InChI is InChI=1S/C26H22FN3O2/c1-28-25(31)22-23(19-10-6-3-7-11-19)29(16-18-8-4-2-5-9-18)17-30(24(22)26(28)32)21-14-12-20(27)13-15-21/h2-15,23H,16-17H2,1H3. The van der Waals surface area contributed by atoms with Crippen molar-refractivity contribution >= 4 is 17.5 Å². The van der Waals surface area contributed by atoms with Gasteiger partial charge in [-0.1, -0.05) is 60.7 Å². The molecule has 32 heavy (non-hydrogen) atoms. The molecule has 1 atom stereocenters. The lowest BCUT2D eigenvalue weighted by atomic mass is 9.93. The zero-order valence-electron chi connectivity index (χ0n) is 17.6. The molecule has 1 unspecified atom stereocenters. The van der Waals surface area contributed by atoms with Crippen LogP contribution in [0.4, 0.5) is 10.1 Å². The summed E-state index contributed by atoms with van der Waals surface area (Å²) in [4.78, 5) is 31.6. The number of hydrogen-bond donors (Lipinski definition) is 0. The van der Waals surface area contributed by atoms with Crippen molar-refractivity contribution in [2.75, 3.05) is 18.6 Å². The Balaban J connectivity index is 1.68. The van der Waals surface area contributed by atoms with Crippen LogP contribution in [0.3, 0.4) is 0 Å². The second kappa shape index (κ2) is 8.05. The van der Waals surface area contributed by atoms with E-state index in [1.807, 2.05) is 65.6 Å². The molecular weight excluding hydrogens is 405 g/mol. The van der Waals surface area contributed by atoms with Crippen LogP contribution < -0.4 is 4.90 Å². The molecule has 2 heterocycles. The van der Waals surface area contributed by atoms with Gasteiger partial charge in [-0.15, -0.1) is 0 Å². The number of rotatable bonds is 4.